The molecule has 0 aliphatic heterocycles. The molecule has 1 aliphatic carbocycles. The number of rotatable bonds is 5. The second-order valence-electron chi connectivity index (χ2n) is 11.1. The monoisotopic (exact) mass is 467 g/mol. The van der Waals surface area contributed by atoms with Crippen molar-refractivity contribution in [2.75, 3.05) is 5.73 Å². The van der Waals surface area contributed by atoms with Crippen LogP contribution < -0.4 is 10.5 Å². The molecule has 2 N–H and O–H groups in total. The zero-order valence-corrected chi connectivity index (χ0v) is 21.9. The highest BCUT2D eigenvalue weighted by Gasteiger charge is 2.37. The third-order valence-corrected chi connectivity index (χ3v) is 7.50. The Hall–Kier alpha value is -3.33. The van der Waals surface area contributed by atoms with Crippen molar-refractivity contribution < 1.29 is 9.53 Å². The number of ether oxygens (including phenoxy) is 1. The van der Waals surface area contributed by atoms with Gasteiger partial charge in [0.25, 0.3) is 0 Å². The Morgan fingerprint density at radius 1 is 0.914 bits per heavy atom. The lowest BCUT2D eigenvalue weighted by Gasteiger charge is -2.42. The standard InChI is InChI=1S/C32H37NO2/c1-7-23(27-20-29-28(18-21(27)2)31(3,4)16-17-32(29,5)6)19-22-8-10-24(11-9-22)30(34)35-26-14-12-25(33)13-15-26/h8-15,18-20H,7,16-17,33H2,1-6H3. The molecule has 3 aromatic carbocycles. The zero-order valence-electron chi connectivity index (χ0n) is 21.9. The van der Waals surface area contributed by atoms with Gasteiger partial charge in [-0.1, -0.05) is 65.0 Å². The van der Waals surface area contributed by atoms with Crippen LogP contribution in [0.1, 0.15) is 92.1 Å². The van der Waals surface area contributed by atoms with Crippen LogP contribution in [0.2, 0.25) is 0 Å². The van der Waals surface area contributed by atoms with E-state index in [4.69, 9.17) is 10.5 Å². The van der Waals surface area contributed by atoms with Gasteiger partial charge >= 0.3 is 5.97 Å². The number of allylic oxidation sites excluding steroid dienone is 1. The maximum Gasteiger partial charge on any atom is 0.343 e. The quantitative estimate of drug-likeness (QED) is 0.178. The molecule has 0 aromatic heterocycles. The second kappa shape index (κ2) is 9.37. The first-order valence-electron chi connectivity index (χ1n) is 12.5. The van der Waals surface area contributed by atoms with Crippen LogP contribution in [-0.4, -0.2) is 5.97 Å². The number of hydrogen-bond donors (Lipinski definition) is 1. The number of benzene rings is 3. The normalized spacial score (nSPS) is 16.5. The van der Waals surface area contributed by atoms with Gasteiger partial charge in [-0.15, -0.1) is 0 Å². The molecule has 0 heterocycles. The van der Waals surface area contributed by atoms with Crippen molar-refractivity contribution in [3.8, 4) is 5.75 Å². The van der Waals surface area contributed by atoms with E-state index in [1.165, 1.54) is 40.7 Å². The Balaban J connectivity index is 1.61. The minimum atomic E-state index is -0.378. The van der Waals surface area contributed by atoms with Crippen LogP contribution in [0.4, 0.5) is 5.69 Å². The zero-order chi connectivity index (χ0) is 25.4. The van der Waals surface area contributed by atoms with Crippen LogP contribution in [0.25, 0.3) is 11.6 Å². The van der Waals surface area contributed by atoms with E-state index in [-0.39, 0.29) is 16.8 Å². The summed E-state index contributed by atoms with van der Waals surface area (Å²) in [5.41, 5.74) is 15.2. The molecule has 0 bridgehead atoms. The summed E-state index contributed by atoms with van der Waals surface area (Å²) in [5.74, 6) is 0.104. The fraction of sp³-hybridized carbons (Fsp3) is 0.344. The molecule has 0 fully saturated rings. The number of nitrogens with two attached hydrogens (primary N) is 1. The van der Waals surface area contributed by atoms with E-state index in [1.807, 2.05) is 24.3 Å². The van der Waals surface area contributed by atoms with Crippen LogP contribution >= 0.6 is 0 Å². The number of anilines is 1. The van der Waals surface area contributed by atoms with Gasteiger partial charge in [-0.3, -0.25) is 0 Å². The molecular weight excluding hydrogens is 430 g/mol. The number of carbonyl (C=O) groups excluding carboxylic acids is 1. The molecule has 4 rings (SSSR count). The summed E-state index contributed by atoms with van der Waals surface area (Å²) in [7, 11) is 0. The Labute approximate surface area is 210 Å². The summed E-state index contributed by atoms with van der Waals surface area (Å²) >= 11 is 0. The largest absolute Gasteiger partial charge is 0.423 e. The molecule has 0 spiro atoms. The van der Waals surface area contributed by atoms with E-state index >= 15 is 0 Å². The number of esters is 1. The van der Waals surface area contributed by atoms with Crippen LogP contribution in [0, 0.1) is 6.92 Å². The Bertz CT molecular complexity index is 1260. The van der Waals surface area contributed by atoms with Gasteiger partial charge in [0, 0.05) is 5.69 Å². The third kappa shape index (κ3) is 5.19. The topological polar surface area (TPSA) is 52.3 Å². The average Bonchev–Trinajstić information content (AvgIpc) is 2.82. The molecule has 0 unspecified atom stereocenters. The van der Waals surface area contributed by atoms with E-state index < -0.39 is 0 Å². The van der Waals surface area contributed by atoms with E-state index in [0.717, 1.165) is 12.0 Å². The van der Waals surface area contributed by atoms with Gasteiger partial charge in [0.05, 0.1) is 5.56 Å². The van der Waals surface area contributed by atoms with Crippen molar-refractivity contribution in [2.24, 2.45) is 0 Å². The lowest BCUT2D eigenvalue weighted by Crippen LogP contribution is -2.34. The van der Waals surface area contributed by atoms with Crippen LogP contribution in [0.3, 0.4) is 0 Å². The van der Waals surface area contributed by atoms with Crippen molar-refractivity contribution in [2.45, 2.75) is 71.6 Å². The summed E-state index contributed by atoms with van der Waals surface area (Å²) in [6.07, 6.45) is 5.60. The molecule has 0 saturated carbocycles. The molecule has 0 amide bonds. The van der Waals surface area contributed by atoms with Crippen molar-refractivity contribution in [1.82, 2.24) is 0 Å². The molecule has 0 saturated heterocycles. The number of fused-ring (bicyclic) bond motifs is 1. The average molecular weight is 468 g/mol. The lowest BCUT2D eigenvalue weighted by molar-refractivity contribution is 0.0735. The van der Waals surface area contributed by atoms with Crippen molar-refractivity contribution in [3.05, 3.63) is 94.0 Å². The summed E-state index contributed by atoms with van der Waals surface area (Å²) in [5, 5.41) is 0. The highest BCUT2D eigenvalue weighted by atomic mass is 16.5. The molecule has 35 heavy (non-hydrogen) atoms. The first kappa shape index (κ1) is 24.8. The Morgan fingerprint density at radius 3 is 2.06 bits per heavy atom. The van der Waals surface area contributed by atoms with Crippen LogP contribution in [-0.2, 0) is 10.8 Å². The first-order chi connectivity index (χ1) is 16.5. The molecule has 1 aliphatic rings. The van der Waals surface area contributed by atoms with E-state index in [2.05, 4.69) is 59.8 Å². The first-order valence-corrected chi connectivity index (χ1v) is 12.5. The van der Waals surface area contributed by atoms with Gasteiger partial charge in [-0.2, -0.15) is 0 Å². The van der Waals surface area contributed by atoms with Crippen molar-refractivity contribution >= 4 is 23.3 Å². The smallest absolute Gasteiger partial charge is 0.343 e. The van der Waals surface area contributed by atoms with Gasteiger partial charge in [0.15, 0.2) is 0 Å². The minimum Gasteiger partial charge on any atom is -0.423 e. The number of hydrogen-bond acceptors (Lipinski definition) is 3. The van der Waals surface area contributed by atoms with Gasteiger partial charge in [0.1, 0.15) is 5.75 Å². The molecule has 3 aromatic rings. The van der Waals surface area contributed by atoms with Gasteiger partial charge in [-0.05, 0) is 107 Å². The summed E-state index contributed by atoms with van der Waals surface area (Å²) < 4.78 is 5.46. The van der Waals surface area contributed by atoms with E-state index in [0.29, 0.717) is 17.0 Å². The number of carbonyl (C=O) groups is 1. The van der Waals surface area contributed by atoms with Crippen molar-refractivity contribution in [3.63, 3.8) is 0 Å². The lowest BCUT2D eigenvalue weighted by atomic mass is 9.62. The molecular formula is C32H37NO2. The van der Waals surface area contributed by atoms with E-state index in [9.17, 15) is 4.79 Å². The molecule has 3 heteroatoms. The number of aryl methyl sites for hydroxylation is 1. The van der Waals surface area contributed by atoms with Crippen LogP contribution in [0.15, 0.2) is 60.7 Å². The SMILES string of the molecule is CCC(=Cc1ccc(C(=O)Oc2ccc(N)cc2)cc1)c1cc2c(cc1C)C(C)(C)CCC2(C)C. The van der Waals surface area contributed by atoms with Crippen molar-refractivity contribution in [1.29, 1.82) is 0 Å². The fourth-order valence-corrected chi connectivity index (χ4v) is 5.06. The van der Waals surface area contributed by atoms with Gasteiger partial charge in [-0.25, -0.2) is 4.79 Å². The summed E-state index contributed by atoms with van der Waals surface area (Å²) in [6, 6.07) is 19.3. The molecule has 182 valence electrons. The summed E-state index contributed by atoms with van der Waals surface area (Å²) in [6.45, 7) is 13.9. The highest BCUT2D eigenvalue weighted by Crippen LogP contribution is 2.47. The predicted octanol–water partition coefficient (Wildman–Crippen LogP) is 8.10. The van der Waals surface area contributed by atoms with Crippen LogP contribution in [0.5, 0.6) is 5.75 Å². The van der Waals surface area contributed by atoms with Gasteiger partial charge in [0.2, 0.25) is 0 Å². The maximum absolute atomic E-state index is 12.5. The third-order valence-electron chi connectivity index (χ3n) is 7.50. The molecule has 0 radical (unpaired) electrons. The second-order valence-corrected chi connectivity index (χ2v) is 11.1. The molecule has 0 atom stereocenters. The Kier molecular flexibility index (Phi) is 6.64. The Morgan fingerprint density at radius 2 is 1.49 bits per heavy atom. The maximum atomic E-state index is 12.5. The highest BCUT2D eigenvalue weighted by molar-refractivity contribution is 5.92. The summed E-state index contributed by atoms with van der Waals surface area (Å²) in [4.78, 5) is 12.5. The fourth-order valence-electron chi connectivity index (χ4n) is 5.06. The molecule has 3 nitrogen and oxygen atoms in total. The minimum absolute atomic E-state index is 0.179. The van der Waals surface area contributed by atoms with E-state index in [1.54, 1.807) is 24.3 Å². The van der Waals surface area contributed by atoms with Gasteiger partial charge < -0.3 is 10.5 Å². The predicted molar refractivity (Wildman–Crippen MR) is 147 cm³/mol. The number of nitrogen functional groups attached to an aromatic ring is 1.